The normalized spacial score (nSPS) is 19.3. The number of aromatic nitrogens is 2. The Morgan fingerprint density at radius 3 is 2.42 bits per heavy atom. The molecule has 8 heteroatoms. The number of carbonyl (C=O) groups is 2. The first kappa shape index (κ1) is 24.1. The van der Waals surface area contributed by atoms with Gasteiger partial charge in [-0.05, 0) is 45.2 Å². The highest BCUT2D eigenvalue weighted by Crippen LogP contribution is 2.50. The number of thioether (sulfide) groups is 1. The quantitative estimate of drug-likeness (QED) is 0.654. The van der Waals surface area contributed by atoms with E-state index in [1.54, 1.807) is 16.7 Å². The number of halogens is 1. The zero-order valence-electron chi connectivity index (χ0n) is 20.2. The molecule has 1 atom stereocenters. The number of hydrogen-bond acceptors (Lipinski definition) is 4. The van der Waals surface area contributed by atoms with Crippen LogP contribution in [-0.4, -0.2) is 39.9 Å². The van der Waals surface area contributed by atoms with Crippen molar-refractivity contribution in [1.29, 1.82) is 0 Å². The Morgan fingerprint density at radius 1 is 1.18 bits per heavy atom. The van der Waals surface area contributed by atoms with Crippen molar-refractivity contribution in [1.82, 2.24) is 15.1 Å². The highest BCUT2D eigenvalue weighted by molar-refractivity contribution is 8.00. The molecular formula is C25H33ClN4O2S. The van der Waals surface area contributed by atoms with E-state index in [0.29, 0.717) is 10.8 Å². The van der Waals surface area contributed by atoms with Gasteiger partial charge in [0.25, 0.3) is 0 Å². The lowest BCUT2D eigenvalue weighted by Crippen LogP contribution is -2.44. The zero-order chi connectivity index (χ0) is 24.1. The molecule has 0 spiro atoms. The number of fused-ring (bicyclic) bond motifs is 1. The first-order valence-corrected chi connectivity index (χ1v) is 12.9. The fourth-order valence-electron chi connectivity index (χ4n) is 4.12. The Labute approximate surface area is 205 Å². The molecule has 4 rings (SSSR count). The van der Waals surface area contributed by atoms with Gasteiger partial charge in [-0.15, -0.1) is 11.8 Å². The Balaban J connectivity index is 1.95. The summed E-state index contributed by atoms with van der Waals surface area (Å²) in [5.41, 5.74) is 2.20. The van der Waals surface area contributed by atoms with E-state index in [2.05, 4.69) is 46.9 Å². The van der Waals surface area contributed by atoms with Crippen molar-refractivity contribution in [2.45, 2.75) is 76.6 Å². The summed E-state index contributed by atoms with van der Waals surface area (Å²) in [7, 11) is 0. The number of benzene rings is 1. The lowest BCUT2D eigenvalue weighted by Gasteiger charge is -2.29. The van der Waals surface area contributed by atoms with E-state index in [9.17, 15) is 9.59 Å². The van der Waals surface area contributed by atoms with E-state index in [0.717, 1.165) is 29.7 Å². The average molecular weight is 489 g/mol. The Kier molecular flexibility index (Phi) is 6.33. The summed E-state index contributed by atoms with van der Waals surface area (Å²) in [4.78, 5) is 27.9. The van der Waals surface area contributed by atoms with Gasteiger partial charge in [-0.1, -0.05) is 50.6 Å². The zero-order valence-corrected chi connectivity index (χ0v) is 21.8. The maximum absolute atomic E-state index is 13.5. The van der Waals surface area contributed by atoms with Gasteiger partial charge in [0.1, 0.15) is 12.4 Å². The molecule has 0 radical (unpaired) electrons. The van der Waals surface area contributed by atoms with Gasteiger partial charge >= 0.3 is 0 Å². The van der Waals surface area contributed by atoms with Crippen LogP contribution in [0.15, 0.2) is 24.3 Å². The molecule has 0 bridgehead atoms. The van der Waals surface area contributed by atoms with Crippen molar-refractivity contribution in [2.24, 2.45) is 0 Å². The number of hydrogen-bond donors (Lipinski definition) is 1. The van der Waals surface area contributed by atoms with Crippen LogP contribution < -0.4 is 10.2 Å². The molecule has 1 fully saturated rings. The van der Waals surface area contributed by atoms with Gasteiger partial charge < -0.3 is 5.32 Å². The number of amides is 2. The summed E-state index contributed by atoms with van der Waals surface area (Å²) < 4.78 is 1.93. The maximum Gasteiger partial charge on any atom is 0.240 e. The Bertz CT molecular complexity index is 1080. The lowest BCUT2D eigenvalue weighted by molar-refractivity contribution is -0.123. The molecule has 1 aliphatic carbocycles. The summed E-state index contributed by atoms with van der Waals surface area (Å²) in [5, 5.41) is 8.61. The Hall–Kier alpha value is -1.99. The minimum atomic E-state index is -0.390. The van der Waals surface area contributed by atoms with Crippen molar-refractivity contribution in [3.63, 3.8) is 0 Å². The van der Waals surface area contributed by atoms with Crippen LogP contribution in [0.2, 0.25) is 5.02 Å². The van der Waals surface area contributed by atoms with Gasteiger partial charge in [0.2, 0.25) is 11.8 Å². The van der Waals surface area contributed by atoms with Gasteiger partial charge in [-0.2, -0.15) is 5.10 Å². The number of anilines is 1. The van der Waals surface area contributed by atoms with Crippen LogP contribution in [0, 0.1) is 0 Å². The molecule has 0 saturated heterocycles. The first-order valence-electron chi connectivity index (χ1n) is 11.5. The van der Waals surface area contributed by atoms with Crippen molar-refractivity contribution >= 4 is 41.0 Å². The largest absolute Gasteiger partial charge is 0.352 e. The molecule has 2 aromatic rings. The van der Waals surface area contributed by atoms with E-state index < -0.39 is 0 Å². The summed E-state index contributed by atoms with van der Waals surface area (Å²) in [5.74, 6) is 0.748. The SMILES string of the molecule is CC(C)(C)c1nn(C(C)(C)C)c2c1C(c1ccccc1Cl)SCC(=O)N2CC(=O)NC1CC1. The fraction of sp³-hybridized carbons (Fsp3) is 0.560. The topological polar surface area (TPSA) is 67.2 Å². The third kappa shape index (κ3) is 4.94. The van der Waals surface area contributed by atoms with Crippen LogP contribution in [0.4, 0.5) is 5.82 Å². The summed E-state index contributed by atoms with van der Waals surface area (Å²) in [6.07, 6.45) is 2.01. The van der Waals surface area contributed by atoms with Crippen LogP contribution in [0.5, 0.6) is 0 Å². The van der Waals surface area contributed by atoms with Crippen molar-refractivity contribution in [2.75, 3.05) is 17.2 Å². The van der Waals surface area contributed by atoms with Gasteiger partial charge in [-0.3, -0.25) is 14.5 Å². The first-order chi connectivity index (χ1) is 15.4. The van der Waals surface area contributed by atoms with E-state index in [4.69, 9.17) is 16.7 Å². The van der Waals surface area contributed by atoms with Gasteiger partial charge in [0.05, 0.1) is 22.2 Å². The molecule has 2 amide bonds. The molecule has 1 aliphatic heterocycles. The molecular weight excluding hydrogens is 456 g/mol. The van der Waals surface area contributed by atoms with Gasteiger partial charge in [0.15, 0.2) is 0 Å². The van der Waals surface area contributed by atoms with Crippen LogP contribution in [0.25, 0.3) is 0 Å². The minimum Gasteiger partial charge on any atom is -0.352 e. The highest BCUT2D eigenvalue weighted by atomic mass is 35.5. The lowest BCUT2D eigenvalue weighted by atomic mass is 9.87. The van der Waals surface area contributed by atoms with Crippen molar-refractivity contribution < 1.29 is 9.59 Å². The maximum atomic E-state index is 13.5. The molecule has 33 heavy (non-hydrogen) atoms. The van der Waals surface area contributed by atoms with Crippen molar-refractivity contribution in [3.05, 3.63) is 46.1 Å². The minimum absolute atomic E-state index is 0.0104. The third-order valence-electron chi connectivity index (χ3n) is 5.87. The second-order valence-electron chi connectivity index (χ2n) is 11.0. The number of carbonyl (C=O) groups excluding carboxylic acids is 2. The molecule has 1 aromatic carbocycles. The predicted molar refractivity (Wildman–Crippen MR) is 135 cm³/mol. The Morgan fingerprint density at radius 2 is 1.85 bits per heavy atom. The summed E-state index contributed by atoms with van der Waals surface area (Å²) in [6, 6.07) is 8.03. The highest BCUT2D eigenvalue weighted by Gasteiger charge is 2.42. The standard InChI is InChI=1S/C25H33ClN4O2S/c1-24(2,3)22-20-21(16-9-7-8-10-17(16)26)33-14-19(32)29(13-18(31)27-15-11-12-15)23(20)30(28-22)25(4,5)6/h7-10,15,21H,11-14H2,1-6H3,(H,27,31). The molecule has 6 nitrogen and oxygen atoms in total. The molecule has 178 valence electrons. The van der Waals surface area contributed by atoms with Crippen LogP contribution in [0.3, 0.4) is 0 Å². The summed E-state index contributed by atoms with van der Waals surface area (Å²) in [6.45, 7) is 12.6. The second kappa shape index (κ2) is 8.66. The number of nitrogens with one attached hydrogen (secondary N) is 1. The monoisotopic (exact) mass is 488 g/mol. The van der Waals surface area contributed by atoms with E-state index in [1.165, 1.54) is 0 Å². The van der Waals surface area contributed by atoms with Crippen LogP contribution in [0.1, 0.15) is 76.5 Å². The molecule has 1 aromatic heterocycles. The molecule has 2 heterocycles. The summed E-state index contributed by atoms with van der Waals surface area (Å²) >= 11 is 8.21. The molecule has 2 aliphatic rings. The van der Waals surface area contributed by atoms with E-state index >= 15 is 0 Å². The second-order valence-corrected chi connectivity index (χ2v) is 12.5. The fourth-order valence-corrected chi connectivity index (χ4v) is 5.66. The molecule has 1 saturated carbocycles. The van der Waals surface area contributed by atoms with Crippen LogP contribution in [-0.2, 0) is 20.5 Å². The number of nitrogens with zero attached hydrogens (tertiary/aromatic N) is 3. The van der Waals surface area contributed by atoms with Gasteiger partial charge in [0, 0.05) is 22.0 Å². The smallest absolute Gasteiger partial charge is 0.240 e. The van der Waals surface area contributed by atoms with E-state index in [-0.39, 0.29) is 46.4 Å². The van der Waals surface area contributed by atoms with Crippen LogP contribution >= 0.6 is 23.4 Å². The third-order valence-corrected chi connectivity index (χ3v) is 7.45. The number of rotatable bonds is 4. The van der Waals surface area contributed by atoms with E-state index in [1.807, 2.05) is 28.9 Å². The van der Waals surface area contributed by atoms with Crippen molar-refractivity contribution in [3.8, 4) is 0 Å². The molecule has 1 N–H and O–H groups in total. The average Bonchev–Trinajstić information content (AvgIpc) is 3.43. The predicted octanol–water partition coefficient (Wildman–Crippen LogP) is 5.04. The molecule has 1 unspecified atom stereocenters. The van der Waals surface area contributed by atoms with Gasteiger partial charge in [-0.25, -0.2) is 4.68 Å².